The van der Waals surface area contributed by atoms with Crippen LogP contribution < -0.4 is 10.1 Å². The first-order chi connectivity index (χ1) is 15.2. The zero-order valence-electron chi connectivity index (χ0n) is 16.7. The van der Waals surface area contributed by atoms with Crippen LogP contribution in [0.3, 0.4) is 0 Å². The molecule has 31 heavy (non-hydrogen) atoms. The van der Waals surface area contributed by atoms with Crippen molar-refractivity contribution in [3.8, 4) is 11.5 Å². The lowest BCUT2D eigenvalue weighted by Gasteiger charge is -2.28. The lowest BCUT2D eigenvalue weighted by atomic mass is 9.82. The Hall–Kier alpha value is -4.12. The van der Waals surface area contributed by atoms with Gasteiger partial charge in [-0.25, -0.2) is 0 Å². The van der Waals surface area contributed by atoms with E-state index in [-0.39, 0.29) is 16.5 Å². The summed E-state index contributed by atoms with van der Waals surface area (Å²) in [6.07, 6.45) is 0. The Kier molecular flexibility index (Phi) is 4.84. The minimum Gasteiger partial charge on any atom is -0.457 e. The third-order valence-electron chi connectivity index (χ3n) is 5.57. The van der Waals surface area contributed by atoms with E-state index in [9.17, 15) is 10.1 Å². The van der Waals surface area contributed by atoms with Gasteiger partial charge in [-0.2, -0.15) is 0 Å². The molecule has 5 heteroatoms. The normalized spacial score (nSPS) is 12.4. The van der Waals surface area contributed by atoms with Gasteiger partial charge in [-0.05, 0) is 35.4 Å². The monoisotopic (exact) mass is 408 g/mol. The summed E-state index contributed by atoms with van der Waals surface area (Å²) < 4.78 is 6.11. The van der Waals surface area contributed by atoms with Crippen LogP contribution in [-0.2, 0) is 6.54 Å². The van der Waals surface area contributed by atoms with Gasteiger partial charge in [-0.15, -0.1) is 0 Å². The molecule has 0 aromatic heterocycles. The van der Waals surface area contributed by atoms with E-state index in [0.717, 1.165) is 33.9 Å². The molecule has 0 amide bonds. The Morgan fingerprint density at radius 1 is 0.774 bits per heavy atom. The first-order valence-corrected chi connectivity index (χ1v) is 10.1. The van der Waals surface area contributed by atoms with E-state index in [2.05, 4.69) is 41.7 Å². The highest BCUT2D eigenvalue weighted by molar-refractivity contribution is 5.59. The van der Waals surface area contributed by atoms with E-state index in [0.29, 0.717) is 6.54 Å². The quantitative estimate of drug-likeness (QED) is 0.267. The fraction of sp³-hybridized carbons (Fsp3) is 0.0769. The van der Waals surface area contributed by atoms with Gasteiger partial charge in [0.1, 0.15) is 11.5 Å². The van der Waals surface area contributed by atoms with Gasteiger partial charge < -0.3 is 10.1 Å². The van der Waals surface area contributed by atoms with Crippen molar-refractivity contribution in [3.63, 3.8) is 0 Å². The number of hydrogen-bond donors (Lipinski definition) is 1. The summed E-state index contributed by atoms with van der Waals surface area (Å²) in [4.78, 5) is 10.4. The number of non-ortho nitro benzene ring substituents is 1. The molecular weight excluding hydrogens is 388 g/mol. The lowest BCUT2D eigenvalue weighted by molar-refractivity contribution is -0.384. The lowest BCUT2D eigenvalue weighted by Crippen LogP contribution is -2.11. The number of benzene rings is 4. The van der Waals surface area contributed by atoms with Crippen LogP contribution in [0.25, 0.3) is 0 Å². The van der Waals surface area contributed by atoms with Crippen LogP contribution in [0.15, 0.2) is 97.1 Å². The van der Waals surface area contributed by atoms with Crippen LogP contribution in [0.2, 0.25) is 0 Å². The van der Waals surface area contributed by atoms with Gasteiger partial charge in [0.15, 0.2) is 0 Å². The third kappa shape index (κ3) is 3.73. The molecule has 0 radical (unpaired) electrons. The second kappa shape index (κ2) is 7.95. The van der Waals surface area contributed by atoms with Crippen molar-refractivity contribution in [2.75, 3.05) is 5.32 Å². The molecule has 1 heterocycles. The van der Waals surface area contributed by atoms with Crippen LogP contribution >= 0.6 is 0 Å². The molecule has 0 fully saturated rings. The Labute approximate surface area is 180 Å². The van der Waals surface area contributed by atoms with Gasteiger partial charge >= 0.3 is 0 Å². The first-order valence-electron chi connectivity index (χ1n) is 10.1. The predicted octanol–water partition coefficient (Wildman–Crippen LogP) is 6.49. The highest BCUT2D eigenvalue weighted by Gasteiger charge is 2.27. The summed E-state index contributed by atoms with van der Waals surface area (Å²) in [6.45, 7) is 0.597. The molecule has 0 aliphatic carbocycles. The van der Waals surface area contributed by atoms with Gasteiger partial charge in [0.25, 0.3) is 5.69 Å². The second-order valence-electron chi connectivity index (χ2n) is 7.51. The van der Waals surface area contributed by atoms with Crippen molar-refractivity contribution >= 4 is 11.4 Å². The van der Waals surface area contributed by atoms with Crippen molar-refractivity contribution in [2.45, 2.75) is 12.5 Å². The Morgan fingerprint density at radius 3 is 1.94 bits per heavy atom. The number of para-hydroxylation sites is 2. The van der Waals surface area contributed by atoms with E-state index in [1.165, 1.54) is 17.7 Å². The van der Waals surface area contributed by atoms with Crippen molar-refractivity contribution < 1.29 is 9.66 Å². The van der Waals surface area contributed by atoms with Crippen molar-refractivity contribution in [1.82, 2.24) is 0 Å². The highest BCUT2D eigenvalue weighted by Crippen LogP contribution is 2.47. The zero-order chi connectivity index (χ0) is 21.2. The van der Waals surface area contributed by atoms with Gasteiger partial charge in [-0.1, -0.05) is 60.7 Å². The Bertz CT molecular complexity index is 1190. The van der Waals surface area contributed by atoms with Crippen molar-refractivity contribution in [3.05, 3.63) is 129 Å². The molecule has 5 rings (SSSR count). The summed E-state index contributed by atoms with van der Waals surface area (Å²) >= 11 is 0. The molecule has 5 nitrogen and oxygen atoms in total. The molecule has 1 aliphatic heterocycles. The topological polar surface area (TPSA) is 64.4 Å². The Morgan fingerprint density at radius 2 is 1.35 bits per heavy atom. The Balaban J connectivity index is 1.37. The average Bonchev–Trinajstić information content (AvgIpc) is 2.82. The van der Waals surface area contributed by atoms with Gasteiger partial charge in [0.2, 0.25) is 0 Å². The molecule has 0 saturated carbocycles. The highest BCUT2D eigenvalue weighted by atomic mass is 16.6. The molecule has 0 spiro atoms. The number of nitrogens with zero attached hydrogens (tertiary/aromatic N) is 1. The van der Waals surface area contributed by atoms with Crippen LogP contribution in [0, 0.1) is 10.1 Å². The minimum atomic E-state index is -0.386. The van der Waals surface area contributed by atoms with Gasteiger partial charge in [-0.3, -0.25) is 10.1 Å². The second-order valence-corrected chi connectivity index (χ2v) is 7.51. The fourth-order valence-electron chi connectivity index (χ4n) is 4.00. The molecule has 0 bridgehead atoms. The molecule has 4 aromatic rings. The predicted molar refractivity (Wildman–Crippen MR) is 121 cm³/mol. The largest absolute Gasteiger partial charge is 0.457 e. The van der Waals surface area contributed by atoms with E-state index in [1.807, 2.05) is 36.4 Å². The first kappa shape index (κ1) is 18.9. The number of fused-ring (bicyclic) bond motifs is 2. The van der Waals surface area contributed by atoms with E-state index in [4.69, 9.17) is 4.74 Å². The summed E-state index contributed by atoms with van der Waals surface area (Å²) in [5.41, 5.74) is 5.60. The number of nitro benzene ring substituents is 1. The van der Waals surface area contributed by atoms with E-state index < -0.39 is 0 Å². The van der Waals surface area contributed by atoms with Crippen LogP contribution in [0.4, 0.5) is 11.4 Å². The summed E-state index contributed by atoms with van der Waals surface area (Å²) in [5, 5.41) is 14.2. The SMILES string of the molecule is O=[N+]([O-])c1ccc(CNc2ccc(C3c4ccccc4Oc4ccccc43)cc2)cc1. The molecular formula is C26H20N2O3. The smallest absolute Gasteiger partial charge is 0.269 e. The molecule has 1 N–H and O–H groups in total. The van der Waals surface area contributed by atoms with Crippen LogP contribution in [-0.4, -0.2) is 4.92 Å². The summed E-state index contributed by atoms with van der Waals surface area (Å²) in [7, 11) is 0. The van der Waals surface area contributed by atoms with Crippen LogP contribution in [0.1, 0.15) is 28.2 Å². The summed E-state index contributed by atoms with van der Waals surface area (Å²) in [6, 6.07) is 31.4. The number of nitrogens with one attached hydrogen (secondary N) is 1. The fourth-order valence-corrected chi connectivity index (χ4v) is 4.00. The molecule has 1 aliphatic rings. The maximum Gasteiger partial charge on any atom is 0.269 e. The minimum absolute atomic E-state index is 0.102. The number of nitro groups is 1. The average molecular weight is 408 g/mol. The number of rotatable bonds is 5. The van der Waals surface area contributed by atoms with Gasteiger partial charge in [0.05, 0.1) is 4.92 Å². The summed E-state index contributed by atoms with van der Waals surface area (Å²) in [5.74, 6) is 1.91. The standard InChI is InChI=1S/C26H20N2O3/c29-28(30)21-15-9-18(10-16-21)17-27-20-13-11-19(12-14-20)26-22-5-1-3-7-24(22)31-25-8-4-2-6-23(25)26/h1-16,26-27H,17H2. The molecule has 0 atom stereocenters. The number of hydrogen-bond acceptors (Lipinski definition) is 4. The molecule has 4 aromatic carbocycles. The molecule has 0 saturated heterocycles. The van der Waals surface area contributed by atoms with Crippen LogP contribution in [0.5, 0.6) is 11.5 Å². The maximum absolute atomic E-state index is 10.8. The van der Waals surface area contributed by atoms with E-state index in [1.54, 1.807) is 12.1 Å². The zero-order valence-corrected chi connectivity index (χ0v) is 16.7. The van der Waals surface area contributed by atoms with Gasteiger partial charge in [0, 0.05) is 41.4 Å². The molecule has 152 valence electrons. The third-order valence-corrected chi connectivity index (χ3v) is 5.57. The van der Waals surface area contributed by atoms with Crippen molar-refractivity contribution in [1.29, 1.82) is 0 Å². The maximum atomic E-state index is 10.8. The van der Waals surface area contributed by atoms with E-state index >= 15 is 0 Å². The van der Waals surface area contributed by atoms with Crippen molar-refractivity contribution in [2.24, 2.45) is 0 Å². The number of ether oxygens (including phenoxy) is 1. The number of anilines is 1. The molecule has 0 unspecified atom stereocenters.